The summed E-state index contributed by atoms with van der Waals surface area (Å²) in [4.78, 5) is 4.86. The van der Waals surface area contributed by atoms with Crippen molar-refractivity contribution in [3.63, 3.8) is 0 Å². The monoisotopic (exact) mass is 389 g/mol. The van der Waals surface area contributed by atoms with Crippen molar-refractivity contribution in [1.29, 1.82) is 0 Å². The Labute approximate surface area is 176 Å². The van der Waals surface area contributed by atoms with Gasteiger partial charge in [-0.2, -0.15) is 0 Å². The molecule has 0 spiro atoms. The van der Waals surface area contributed by atoms with Gasteiger partial charge >= 0.3 is 0 Å². The summed E-state index contributed by atoms with van der Waals surface area (Å²) in [5.74, 6) is 1.32. The van der Waals surface area contributed by atoms with Gasteiger partial charge in [-0.1, -0.05) is 60.7 Å². The lowest BCUT2D eigenvalue weighted by Gasteiger charge is -2.27. The van der Waals surface area contributed by atoms with E-state index >= 15 is 0 Å². The van der Waals surface area contributed by atoms with Crippen LogP contribution in [0.3, 0.4) is 0 Å². The Morgan fingerprint density at radius 2 is 1.67 bits per heavy atom. The molecule has 1 heterocycles. The molecule has 4 aromatic carbocycles. The summed E-state index contributed by atoms with van der Waals surface area (Å²) in [6, 6.07) is 26.3. The summed E-state index contributed by atoms with van der Waals surface area (Å²) in [7, 11) is 1.75. The van der Waals surface area contributed by atoms with Gasteiger partial charge in [-0.05, 0) is 69.5 Å². The van der Waals surface area contributed by atoms with E-state index in [9.17, 15) is 0 Å². The molecular formula is C28H23NO. The molecule has 146 valence electrons. The first kappa shape index (κ1) is 17.5. The number of benzene rings is 4. The molecule has 0 saturated heterocycles. The maximum atomic E-state index is 5.71. The fourth-order valence-corrected chi connectivity index (χ4v) is 5.29. The van der Waals surface area contributed by atoms with Crippen molar-refractivity contribution in [3.8, 4) is 5.75 Å². The molecule has 5 aromatic rings. The number of hydrogen-bond donors (Lipinski definition) is 0. The second kappa shape index (κ2) is 6.84. The van der Waals surface area contributed by atoms with Crippen LogP contribution in [0.5, 0.6) is 5.75 Å². The zero-order chi connectivity index (χ0) is 20.1. The van der Waals surface area contributed by atoms with Crippen LogP contribution < -0.4 is 4.74 Å². The predicted molar refractivity (Wildman–Crippen MR) is 125 cm³/mol. The van der Waals surface area contributed by atoms with Gasteiger partial charge in [0.2, 0.25) is 0 Å². The number of aromatic nitrogens is 1. The number of fused-ring (bicyclic) bond motifs is 6. The van der Waals surface area contributed by atoms with Gasteiger partial charge in [0, 0.05) is 17.5 Å². The van der Waals surface area contributed by atoms with Crippen molar-refractivity contribution in [3.05, 3.63) is 95.8 Å². The van der Waals surface area contributed by atoms with Gasteiger partial charge in [-0.3, -0.25) is 4.98 Å². The summed E-state index contributed by atoms with van der Waals surface area (Å²) in [6.45, 7) is 0. The Balaban J connectivity index is 1.53. The van der Waals surface area contributed by atoms with Crippen molar-refractivity contribution < 1.29 is 4.74 Å². The van der Waals surface area contributed by atoms with Crippen LogP contribution in [-0.2, 0) is 12.8 Å². The van der Waals surface area contributed by atoms with Gasteiger partial charge in [0.25, 0.3) is 0 Å². The van der Waals surface area contributed by atoms with Crippen LogP contribution >= 0.6 is 0 Å². The highest BCUT2D eigenvalue weighted by atomic mass is 16.5. The first-order valence-corrected chi connectivity index (χ1v) is 10.7. The molecule has 6 rings (SSSR count). The van der Waals surface area contributed by atoms with E-state index in [1.165, 1.54) is 49.1 Å². The summed E-state index contributed by atoms with van der Waals surface area (Å²) >= 11 is 0. The molecule has 0 bridgehead atoms. The van der Waals surface area contributed by atoms with Crippen LogP contribution in [0.4, 0.5) is 0 Å². The number of rotatable bonds is 2. The zero-order valence-electron chi connectivity index (χ0n) is 17.1. The van der Waals surface area contributed by atoms with Gasteiger partial charge in [0.1, 0.15) is 5.75 Å². The third-order valence-electron chi connectivity index (χ3n) is 6.74. The van der Waals surface area contributed by atoms with E-state index in [4.69, 9.17) is 9.72 Å². The smallest absolute Gasteiger partial charge is 0.128 e. The topological polar surface area (TPSA) is 22.1 Å². The molecule has 0 fully saturated rings. The number of hydrogen-bond acceptors (Lipinski definition) is 2. The predicted octanol–water partition coefficient (Wildman–Crippen LogP) is 6.82. The van der Waals surface area contributed by atoms with Crippen LogP contribution in [0.15, 0.2) is 79.0 Å². The Hall–Kier alpha value is -3.39. The summed E-state index contributed by atoms with van der Waals surface area (Å²) in [5.41, 5.74) is 4.15. The molecular weight excluding hydrogens is 366 g/mol. The highest BCUT2D eigenvalue weighted by Gasteiger charge is 2.25. The SMILES string of the molecule is COc1cccc2ccnc(C3CCc4ccc5c(ccc6ccccc65)c4C3)c12. The average molecular weight is 389 g/mol. The quantitative estimate of drug-likeness (QED) is 0.309. The van der Waals surface area contributed by atoms with E-state index in [-0.39, 0.29) is 0 Å². The molecule has 0 radical (unpaired) electrons. The minimum absolute atomic E-state index is 0.398. The van der Waals surface area contributed by atoms with Crippen LogP contribution in [0.25, 0.3) is 32.3 Å². The van der Waals surface area contributed by atoms with Crippen molar-refractivity contribution in [2.75, 3.05) is 7.11 Å². The highest BCUT2D eigenvalue weighted by Crippen LogP contribution is 2.41. The van der Waals surface area contributed by atoms with Crippen LogP contribution in [-0.4, -0.2) is 12.1 Å². The Bertz CT molecular complexity index is 1410. The molecule has 0 saturated carbocycles. The van der Waals surface area contributed by atoms with Gasteiger partial charge in [-0.25, -0.2) is 0 Å². The normalized spacial score (nSPS) is 16.1. The molecule has 1 unspecified atom stereocenters. The standard InChI is InChI=1S/C28H23NO/c1-30-26-8-4-6-20-15-16-29-28(27(20)26)21-10-9-19-12-13-23-22-7-3-2-5-18(22)11-14-24(23)25(19)17-21/h2-8,11-16,21H,9-10,17H2,1H3. The lowest BCUT2D eigenvalue weighted by Crippen LogP contribution is -2.15. The Morgan fingerprint density at radius 3 is 2.60 bits per heavy atom. The number of ether oxygens (including phenoxy) is 1. The van der Waals surface area contributed by atoms with E-state index < -0.39 is 0 Å². The number of pyridine rings is 1. The van der Waals surface area contributed by atoms with Crippen LogP contribution in [0.2, 0.25) is 0 Å². The fraction of sp³-hybridized carbons (Fsp3) is 0.179. The summed E-state index contributed by atoms with van der Waals surface area (Å²) < 4.78 is 5.71. The van der Waals surface area contributed by atoms with Crippen molar-refractivity contribution in [2.24, 2.45) is 0 Å². The van der Waals surface area contributed by atoms with Crippen LogP contribution in [0, 0.1) is 0 Å². The second-order valence-corrected chi connectivity index (χ2v) is 8.28. The zero-order valence-corrected chi connectivity index (χ0v) is 17.1. The highest BCUT2D eigenvalue weighted by molar-refractivity contribution is 6.08. The van der Waals surface area contributed by atoms with E-state index in [2.05, 4.69) is 66.7 Å². The number of methoxy groups -OCH3 is 1. The van der Waals surface area contributed by atoms with E-state index in [0.29, 0.717) is 5.92 Å². The minimum Gasteiger partial charge on any atom is -0.496 e. The lowest BCUT2D eigenvalue weighted by atomic mass is 9.78. The van der Waals surface area contributed by atoms with Crippen molar-refractivity contribution >= 4 is 32.3 Å². The minimum atomic E-state index is 0.398. The Morgan fingerprint density at radius 1 is 0.800 bits per heavy atom. The van der Waals surface area contributed by atoms with Crippen LogP contribution in [0.1, 0.15) is 29.2 Å². The van der Waals surface area contributed by atoms with Crippen molar-refractivity contribution in [2.45, 2.75) is 25.2 Å². The second-order valence-electron chi connectivity index (χ2n) is 8.28. The molecule has 1 aliphatic carbocycles. The molecule has 1 atom stereocenters. The molecule has 1 aromatic heterocycles. The first-order valence-electron chi connectivity index (χ1n) is 10.7. The average Bonchev–Trinajstić information content (AvgIpc) is 2.82. The first-order chi connectivity index (χ1) is 14.8. The number of aryl methyl sites for hydroxylation is 1. The molecule has 1 aliphatic rings. The maximum absolute atomic E-state index is 5.71. The molecule has 0 aliphatic heterocycles. The van der Waals surface area contributed by atoms with E-state index in [1.54, 1.807) is 7.11 Å². The van der Waals surface area contributed by atoms with Gasteiger partial charge in [0.05, 0.1) is 12.8 Å². The summed E-state index contributed by atoms with van der Waals surface area (Å²) in [6.07, 6.45) is 5.19. The van der Waals surface area contributed by atoms with Gasteiger partial charge in [0.15, 0.2) is 0 Å². The molecule has 30 heavy (non-hydrogen) atoms. The fourth-order valence-electron chi connectivity index (χ4n) is 5.29. The van der Waals surface area contributed by atoms with Gasteiger partial charge < -0.3 is 4.74 Å². The number of nitrogens with zero attached hydrogens (tertiary/aromatic N) is 1. The third kappa shape index (κ3) is 2.60. The maximum Gasteiger partial charge on any atom is 0.128 e. The molecule has 2 nitrogen and oxygen atoms in total. The van der Waals surface area contributed by atoms with E-state index in [1.807, 2.05) is 12.3 Å². The lowest BCUT2D eigenvalue weighted by molar-refractivity contribution is 0.419. The van der Waals surface area contributed by atoms with E-state index in [0.717, 1.165) is 25.0 Å². The molecule has 0 N–H and O–H groups in total. The molecule has 2 heteroatoms. The largest absolute Gasteiger partial charge is 0.496 e. The third-order valence-corrected chi connectivity index (χ3v) is 6.74. The molecule has 0 amide bonds. The summed E-state index contributed by atoms with van der Waals surface area (Å²) in [5, 5.41) is 7.76. The Kier molecular flexibility index (Phi) is 3.98. The van der Waals surface area contributed by atoms with Gasteiger partial charge in [-0.15, -0.1) is 0 Å². The van der Waals surface area contributed by atoms with Crippen molar-refractivity contribution in [1.82, 2.24) is 4.98 Å².